The number of rotatable bonds is 2. The topological polar surface area (TPSA) is 74.5 Å². The van der Waals surface area contributed by atoms with Crippen molar-refractivity contribution in [1.29, 1.82) is 5.26 Å². The lowest BCUT2D eigenvalue weighted by Gasteiger charge is -2.09. The first-order chi connectivity index (χ1) is 9.38. The van der Waals surface area contributed by atoms with E-state index in [1.54, 1.807) is 12.4 Å². The summed E-state index contributed by atoms with van der Waals surface area (Å²) in [6.07, 6.45) is 3.38. The van der Waals surface area contributed by atoms with E-state index in [0.29, 0.717) is 5.69 Å². The number of aromatic nitrogens is 3. The molecule has 0 unspecified atom stereocenters. The largest absolute Gasteiger partial charge is 0.351 e. The fraction of sp³-hybridized carbons (Fsp3) is 0. The molecule has 19 heavy (non-hydrogen) atoms. The molecule has 0 saturated carbocycles. The van der Waals surface area contributed by atoms with Gasteiger partial charge in [-0.3, -0.25) is 4.98 Å². The number of hydrogen-bond acceptors (Lipinski definition) is 5. The number of pyridine rings is 1. The van der Waals surface area contributed by atoms with E-state index in [4.69, 9.17) is 5.26 Å². The summed E-state index contributed by atoms with van der Waals surface area (Å²) in [6.45, 7) is 0. The quantitative estimate of drug-likeness (QED) is 0.753. The van der Waals surface area contributed by atoms with Gasteiger partial charge in [-0.25, -0.2) is 0 Å². The van der Waals surface area contributed by atoms with Gasteiger partial charge in [-0.05, 0) is 18.2 Å². The van der Waals surface area contributed by atoms with E-state index >= 15 is 0 Å². The highest BCUT2D eigenvalue weighted by Gasteiger charge is 2.10. The molecule has 0 fully saturated rings. The molecule has 0 aliphatic heterocycles. The molecule has 5 heteroatoms. The Hall–Kier alpha value is -3.00. The lowest BCUT2D eigenvalue weighted by atomic mass is 10.1. The molecule has 0 aliphatic rings. The van der Waals surface area contributed by atoms with Crippen LogP contribution >= 0.6 is 0 Å². The number of nitrogens with one attached hydrogen (secondary N) is 1. The van der Waals surface area contributed by atoms with Gasteiger partial charge in [0.1, 0.15) is 6.07 Å². The van der Waals surface area contributed by atoms with E-state index in [0.717, 1.165) is 16.6 Å². The molecule has 0 atom stereocenters. The summed E-state index contributed by atoms with van der Waals surface area (Å²) < 4.78 is 0. The van der Waals surface area contributed by atoms with Crippen LogP contribution in [0.15, 0.2) is 48.8 Å². The fourth-order valence-corrected chi connectivity index (χ4v) is 1.84. The van der Waals surface area contributed by atoms with E-state index in [1.165, 1.54) is 0 Å². The van der Waals surface area contributed by atoms with Crippen LogP contribution < -0.4 is 5.32 Å². The number of anilines is 2. The Morgan fingerprint density at radius 1 is 1.05 bits per heavy atom. The van der Waals surface area contributed by atoms with Crippen LogP contribution in [0, 0.1) is 11.3 Å². The minimum atomic E-state index is 0.266. The monoisotopic (exact) mass is 247 g/mol. The molecule has 0 spiro atoms. The second-order valence-corrected chi connectivity index (χ2v) is 3.92. The van der Waals surface area contributed by atoms with Crippen molar-refractivity contribution in [3.8, 4) is 6.07 Å². The molecule has 2 heterocycles. The van der Waals surface area contributed by atoms with Gasteiger partial charge in [-0.2, -0.15) is 5.26 Å². The molecule has 0 saturated heterocycles. The van der Waals surface area contributed by atoms with Crippen molar-refractivity contribution in [3.05, 3.63) is 54.5 Å². The fourth-order valence-electron chi connectivity index (χ4n) is 1.84. The van der Waals surface area contributed by atoms with Crippen molar-refractivity contribution in [2.75, 3.05) is 5.32 Å². The Kier molecular flexibility index (Phi) is 2.75. The Balaban J connectivity index is 2.18. The van der Waals surface area contributed by atoms with Gasteiger partial charge in [0.2, 0.25) is 0 Å². The average molecular weight is 247 g/mol. The Morgan fingerprint density at radius 3 is 2.74 bits per heavy atom. The van der Waals surface area contributed by atoms with Crippen molar-refractivity contribution < 1.29 is 0 Å². The van der Waals surface area contributed by atoms with Crippen molar-refractivity contribution >= 4 is 22.3 Å². The molecule has 2 aromatic heterocycles. The maximum Gasteiger partial charge on any atom is 0.187 e. The van der Waals surface area contributed by atoms with Crippen LogP contribution in [0.2, 0.25) is 0 Å². The molecule has 0 amide bonds. The summed E-state index contributed by atoms with van der Waals surface area (Å²) in [5, 5.41) is 21.1. The van der Waals surface area contributed by atoms with Crippen LogP contribution in [0.4, 0.5) is 11.4 Å². The lowest BCUT2D eigenvalue weighted by Crippen LogP contribution is -1.99. The molecule has 3 aromatic rings. The van der Waals surface area contributed by atoms with Crippen molar-refractivity contribution in [3.63, 3.8) is 0 Å². The second-order valence-electron chi connectivity index (χ2n) is 3.92. The highest BCUT2D eigenvalue weighted by atomic mass is 15.1. The standard InChI is InChI=1S/C14H9N5/c15-8-13-14(17-10-4-3-7-16-9-10)11-5-1-2-6-12(11)18-19-13/h1-7,9H,(H,17,18). The zero-order valence-corrected chi connectivity index (χ0v) is 9.91. The average Bonchev–Trinajstić information content (AvgIpc) is 2.49. The molecule has 90 valence electrons. The van der Waals surface area contributed by atoms with Gasteiger partial charge < -0.3 is 5.32 Å². The SMILES string of the molecule is N#Cc1nnc2ccccc2c1Nc1cccnc1. The van der Waals surface area contributed by atoms with Crippen LogP contribution in [-0.4, -0.2) is 15.2 Å². The van der Waals surface area contributed by atoms with Gasteiger partial charge in [0.15, 0.2) is 5.69 Å². The molecular weight excluding hydrogens is 238 g/mol. The van der Waals surface area contributed by atoms with Crippen LogP contribution in [0.25, 0.3) is 10.9 Å². The van der Waals surface area contributed by atoms with E-state index in [-0.39, 0.29) is 5.69 Å². The summed E-state index contributed by atoms with van der Waals surface area (Å²) in [6, 6.07) is 13.3. The van der Waals surface area contributed by atoms with E-state index in [2.05, 4.69) is 26.6 Å². The summed E-state index contributed by atoms with van der Waals surface area (Å²) in [7, 11) is 0. The summed E-state index contributed by atoms with van der Waals surface area (Å²) >= 11 is 0. The molecule has 3 rings (SSSR count). The summed E-state index contributed by atoms with van der Waals surface area (Å²) in [5.74, 6) is 0. The van der Waals surface area contributed by atoms with E-state index in [9.17, 15) is 0 Å². The van der Waals surface area contributed by atoms with Crippen LogP contribution in [-0.2, 0) is 0 Å². The molecule has 1 N–H and O–H groups in total. The van der Waals surface area contributed by atoms with E-state index < -0.39 is 0 Å². The molecule has 0 radical (unpaired) electrons. The van der Waals surface area contributed by atoms with Gasteiger partial charge in [0.05, 0.1) is 23.1 Å². The van der Waals surface area contributed by atoms with Crippen LogP contribution in [0.5, 0.6) is 0 Å². The predicted octanol–water partition coefficient (Wildman–Crippen LogP) is 2.64. The highest BCUT2D eigenvalue weighted by molar-refractivity contribution is 5.94. The second kappa shape index (κ2) is 4.70. The summed E-state index contributed by atoms with van der Waals surface area (Å²) in [4.78, 5) is 4.03. The number of nitriles is 1. The zero-order valence-electron chi connectivity index (χ0n) is 9.91. The van der Waals surface area contributed by atoms with Crippen molar-refractivity contribution in [2.24, 2.45) is 0 Å². The maximum atomic E-state index is 9.15. The number of fused-ring (bicyclic) bond motifs is 1. The third-order valence-corrected chi connectivity index (χ3v) is 2.70. The van der Waals surface area contributed by atoms with Crippen LogP contribution in [0.1, 0.15) is 5.69 Å². The summed E-state index contributed by atoms with van der Waals surface area (Å²) in [5.41, 5.74) is 2.47. The molecular formula is C14H9N5. The molecule has 5 nitrogen and oxygen atoms in total. The third kappa shape index (κ3) is 2.07. The third-order valence-electron chi connectivity index (χ3n) is 2.70. The van der Waals surface area contributed by atoms with Gasteiger partial charge in [-0.15, -0.1) is 10.2 Å². The number of hydrogen-bond donors (Lipinski definition) is 1. The number of benzene rings is 1. The minimum Gasteiger partial charge on any atom is -0.351 e. The Morgan fingerprint density at radius 2 is 1.95 bits per heavy atom. The van der Waals surface area contributed by atoms with Gasteiger partial charge in [0, 0.05) is 11.6 Å². The maximum absolute atomic E-state index is 9.15. The van der Waals surface area contributed by atoms with Crippen molar-refractivity contribution in [2.45, 2.75) is 0 Å². The van der Waals surface area contributed by atoms with Gasteiger partial charge >= 0.3 is 0 Å². The van der Waals surface area contributed by atoms with Gasteiger partial charge in [0.25, 0.3) is 0 Å². The van der Waals surface area contributed by atoms with Crippen LogP contribution in [0.3, 0.4) is 0 Å². The first-order valence-corrected chi connectivity index (χ1v) is 5.71. The van der Waals surface area contributed by atoms with E-state index in [1.807, 2.05) is 36.4 Å². The van der Waals surface area contributed by atoms with Gasteiger partial charge in [-0.1, -0.05) is 18.2 Å². The zero-order chi connectivity index (χ0) is 13.1. The Bertz CT molecular complexity index is 762. The minimum absolute atomic E-state index is 0.266. The molecule has 0 bridgehead atoms. The predicted molar refractivity (Wildman–Crippen MR) is 71.8 cm³/mol. The highest BCUT2D eigenvalue weighted by Crippen LogP contribution is 2.26. The number of nitrogens with zero attached hydrogens (tertiary/aromatic N) is 4. The van der Waals surface area contributed by atoms with Crippen molar-refractivity contribution in [1.82, 2.24) is 15.2 Å². The molecule has 1 aromatic carbocycles. The first-order valence-electron chi connectivity index (χ1n) is 5.71. The Labute approximate surface area is 109 Å². The molecule has 0 aliphatic carbocycles. The first kappa shape index (κ1) is 11.1. The lowest BCUT2D eigenvalue weighted by molar-refractivity contribution is 1.05. The smallest absolute Gasteiger partial charge is 0.187 e. The normalized spacial score (nSPS) is 10.1.